The topological polar surface area (TPSA) is 46.2 Å². The van der Waals surface area contributed by atoms with Crippen molar-refractivity contribution in [3.05, 3.63) is 0 Å². The van der Waals surface area contributed by atoms with Gasteiger partial charge in [-0.25, -0.2) is 0 Å². The van der Waals surface area contributed by atoms with Gasteiger partial charge in [0.25, 0.3) is 5.91 Å². The van der Waals surface area contributed by atoms with Crippen LogP contribution in [0.2, 0.25) is 0 Å². The minimum Gasteiger partial charge on any atom is -0.339 e. The lowest BCUT2D eigenvalue weighted by molar-refractivity contribution is -0.138. The summed E-state index contributed by atoms with van der Waals surface area (Å²) in [6, 6.07) is 0. The molecular weight excluding hydrogens is 240 g/mol. The van der Waals surface area contributed by atoms with E-state index < -0.39 is 17.9 Å². The van der Waals surface area contributed by atoms with E-state index in [0.29, 0.717) is 12.8 Å². The van der Waals surface area contributed by atoms with Crippen LogP contribution in [0, 0.1) is 0 Å². The Bertz CT molecular complexity index is 278. The van der Waals surface area contributed by atoms with Gasteiger partial charge in [-0.1, -0.05) is 19.3 Å². The molecular formula is C10H14ClF2NO2. The fraction of sp³-hybridized carbons (Fsp3) is 0.800. The molecule has 1 saturated carbocycles. The molecule has 0 atom stereocenters. The maximum atomic E-state index is 12.2. The Kier molecular flexibility index (Phi) is 4.65. The second-order valence-corrected chi connectivity index (χ2v) is 4.26. The van der Waals surface area contributed by atoms with E-state index in [-0.39, 0.29) is 11.7 Å². The van der Waals surface area contributed by atoms with Crippen LogP contribution in [0.3, 0.4) is 0 Å². The molecule has 0 aromatic heterocycles. The van der Waals surface area contributed by atoms with Crippen molar-refractivity contribution in [2.75, 3.05) is 5.88 Å². The molecule has 1 amide bonds. The van der Waals surface area contributed by atoms with E-state index in [9.17, 15) is 18.4 Å². The summed E-state index contributed by atoms with van der Waals surface area (Å²) in [7, 11) is 0. The highest BCUT2D eigenvalue weighted by Gasteiger charge is 2.41. The number of halogens is 3. The number of ketones is 1. The number of nitrogens with one attached hydrogen (secondary N) is 1. The van der Waals surface area contributed by atoms with Crippen molar-refractivity contribution in [3.8, 4) is 0 Å². The summed E-state index contributed by atoms with van der Waals surface area (Å²) in [6.07, 6.45) is 0.135. The fourth-order valence-electron chi connectivity index (χ4n) is 2.05. The predicted molar refractivity (Wildman–Crippen MR) is 55.7 cm³/mol. The van der Waals surface area contributed by atoms with E-state index in [1.807, 2.05) is 0 Å². The molecule has 0 spiro atoms. The third-order valence-electron chi connectivity index (χ3n) is 2.92. The SMILES string of the molecule is O=C(NC1(C(=O)CCl)CCCCC1)C(F)F. The third kappa shape index (κ3) is 2.90. The highest BCUT2D eigenvalue weighted by atomic mass is 35.5. The summed E-state index contributed by atoms with van der Waals surface area (Å²) in [5.74, 6) is -2.02. The Hall–Kier alpha value is -0.710. The monoisotopic (exact) mass is 253 g/mol. The molecule has 6 heteroatoms. The number of carbonyl (C=O) groups is 2. The van der Waals surface area contributed by atoms with Crippen molar-refractivity contribution in [3.63, 3.8) is 0 Å². The molecule has 16 heavy (non-hydrogen) atoms. The van der Waals surface area contributed by atoms with Gasteiger partial charge < -0.3 is 5.32 Å². The van der Waals surface area contributed by atoms with E-state index in [0.717, 1.165) is 19.3 Å². The highest BCUT2D eigenvalue weighted by molar-refractivity contribution is 6.29. The number of hydrogen-bond donors (Lipinski definition) is 1. The average molecular weight is 254 g/mol. The molecule has 0 saturated heterocycles. The molecule has 0 radical (unpaired) electrons. The van der Waals surface area contributed by atoms with E-state index in [4.69, 9.17) is 11.6 Å². The average Bonchev–Trinajstić information content (AvgIpc) is 2.29. The molecule has 0 aromatic carbocycles. The summed E-state index contributed by atoms with van der Waals surface area (Å²) in [6.45, 7) is 0. The van der Waals surface area contributed by atoms with Crippen molar-refractivity contribution < 1.29 is 18.4 Å². The van der Waals surface area contributed by atoms with Crippen LogP contribution >= 0.6 is 11.6 Å². The second kappa shape index (κ2) is 5.57. The normalized spacial score (nSPS) is 19.5. The zero-order valence-electron chi connectivity index (χ0n) is 8.77. The quantitative estimate of drug-likeness (QED) is 0.778. The molecule has 0 bridgehead atoms. The number of rotatable bonds is 4. The molecule has 1 rings (SSSR count). The number of carbonyl (C=O) groups excluding carboxylic acids is 2. The lowest BCUT2D eigenvalue weighted by atomic mass is 9.79. The molecule has 1 aliphatic rings. The van der Waals surface area contributed by atoms with Crippen molar-refractivity contribution in [2.45, 2.75) is 44.1 Å². The van der Waals surface area contributed by atoms with E-state index in [1.54, 1.807) is 0 Å². The Morgan fingerprint density at radius 2 is 1.81 bits per heavy atom. The minimum atomic E-state index is -3.10. The van der Waals surface area contributed by atoms with Crippen LogP contribution in [0.25, 0.3) is 0 Å². The number of Topliss-reactive ketones (excluding diaryl/α,β-unsaturated/α-hetero) is 1. The van der Waals surface area contributed by atoms with Gasteiger partial charge in [0, 0.05) is 0 Å². The van der Waals surface area contributed by atoms with Crippen LogP contribution in [-0.4, -0.2) is 29.5 Å². The first-order valence-electron chi connectivity index (χ1n) is 5.21. The summed E-state index contributed by atoms with van der Waals surface area (Å²) < 4.78 is 24.3. The van der Waals surface area contributed by atoms with Crippen LogP contribution < -0.4 is 5.32 Å². The van der Waals surface area contributed by atoms with Gasteiger partial charge in [0.1, 0.15) is 0 Å². The Morgan fingerprint density at radius 1 is 1.25 bits per heavy atom. The first-order valence-corrected chi connectivity index (χ1v) is 5.75. The lowest BCUT2D eigenvalue weighted by Crippen LogP contribution is -2.57. The molecule has 0 aromatic rings. The predicted octanol–water partition coefficient (Wildman–Crippen LogP) is 1.88. The Balaban J connectivity index is 2.78. The number of alkyl halides is 3. The largest absolute Gasteiger partial charge is 0.339 e. The fourth-order valence-corrected chi connectivity index (χ4v) is 2.30. The number of amides is 1. The van der Waals surface area contributed by atoms with Gasteiger partial charge in [-0.2, -0.15) is 8.78 Å². The van der Waals surface area contributed by atoms with Crippen molar-refractivity contribution >= 4 is 23.3 Å². The van der Waals surface area contributed by atoms with Gasteiger partial charge in [-0.15, -0.1) is 11.6 Å². The first-order chi connectivity index (χ1) is 7.52. The van der Waals surface area contributed by atoms with Crippen molar-refractivity contribution in [2.24, 2.45) is 0 Å². The summed E-state index contributed by atoms with van der Waals surface area (Å²) in [5.41, 5.74) is -1.16. The first kappa shape index (κ1) is 13.4. The van der Waals surface area contributed by atoms with Gasteiger partial charge in [-0.3, -0.25) is 9.59 Å². The maximum absolute atomic E-state index is 12.2. The van der Waals surface area contributed by atoms with E-state index in [2.05, 4.69) is 5.32 Å². The Labute approximate surface area is 97.5 Å². The van der Waals surface area contributed by atoms with Crippen molar-refractivity contribution in [1.82, 2.24) is 5.32 Å². The standard InChI is InChI=1S/C10H14ClF2NO2/c11-6-7(15)10(4-2-1-3-5-10)14-9(16)8(12)13/h8H,1-6H2,(H,14,16). The molecule has 1 aliphatic carbocycles. The molecule has 0 unspecified atom stereocenters. The van der Waals surface area contributed by atoms with Gasteiger partial charge >= 0.3 is 6.43 Å². The van der Waals surface area contributed by atoms with Crippen LogP contribution in [0.15, 0.2) is 0 Å². The minimum absolute atomic E-state index is 0.260. The zero-order valence-corrected chi connectivity index (χ0v) is 9.53. The van der Waals surface area contributed by atoms with Crippen LogP contribution in [0.1, 0.15) is 32.1 Å². The maximum Gasteiger partial charge on any atom is 0.315 e. The van der Waals surface area contributed by atoms with E-state index >= 15 is 0 Å². The number of hydrogen-bond acceptors (Lipinski definition) is 2. The van der Waals surface area contributed by atoms with Gasteiger partial charge in [0.2, 0.25) is 0 Å². The van der Waals surface area contributed by atoms with Crippen LogP contribution in [-0.2, 0) is 9.59 Å². The van der Waals surface area contributed by atoms with E-state index in [1.165, 1.54) is 0 Å². The second-order valence-electron chi connectivity index (χ2n) is 3.99. The molecule has 92 valence electrons. The van der Waals surface area contributed by atoms with Gasteiger partial charge in [0.05, 0.1) is 11.4 Å². The molecule has 1 N–H and O–H groups in total. The smallest absolute Gasteiger partial charge is 0.315 e. The zero-order chi connectivity index (χ0) is 12.2. The summed E-state index contributed by atoms with van der Waals surface area (Å²) >= 11 is 5.45. The molecule has 0 aliphatic heterocycles. The summed E-state index contributed by atoms with van der Waals surface area (Å²) in [5, 5.41) is 2.16. The van der Waals surface area contributed by atoms with Gasteiger partial charge in [-0.05, 0) is 12.8 Å². The molecule has 0 heterocycles. The van der Waals surface area contributed by atoms with Crippen molar-refractivity contribution in [1.29, 1.82) is 0 Å². The molecule has 1 fully saturated rings. The lowest BCUT2D eigenvalue weighted by Gasteiger charge is -2.36. The highest BCUT2D eigenvalue weighted by Crippen LogP contribution is 2.29. The summed E-state index contributed by atoms with van der Waals surface area (Å²) in [4.78, 5) is 22.6. The van der Waals surface area contributed by atoms with Gasteiger partial charge in [0.15, 0.2) is 5.78 Å². The Morgan fingerprint density at radius 3 is 2.25 bits per heavy atom. The molecule has 3 nitrogen and oxygen atoms in total. The van der Waals surface area contributed by atoms with Crippen LogP contribution in [0.4, 0.5) is 8.78 Å². The third-order valence-corrected chi connectivity index (χ3v) is 3.17. The van der Waals surface area contributed by atoms with Crippen LogP contribution in [0.5, 0.6) is 0 Å².